The normalized spacial score (nSPS) is 52.3. The van der Waals surface area contributed by atoms with Gasteiger partial charge in [0.25, 0.3) is 0 Å². The molecule has 3 fully saturated rings. The van der Waals surface area contributed by atoms with Gasteiger partial charge in [0.2, 0.25) is 0 Å². The van der Waals surface area contributed by atoms with Crippen LogP contribution in [0, 0.1) is 40.4 Å². The van der Waals surface area contributed by atoms with E-state index in [1.807, 2.05) is 0 Å². The Morgan fingerprint density at radius 1 is 1.14 bits per heavy atom. The Hall–Kier alpha value is -0.370. The highest BCUT2D eigenvalue weighted by atomic mass is 16.3. The van der Waals surface area contributed by atoms with Gasteiger partial charge in [0, 0.05) is 12.5 Å². The summed E-state index contributed by atoms with van der Waals surface area (Å²) in [7, 11) is 0. The Kier molecular flexibility index (Phi) is 4.44. The minimum atomic E-state index is 0.123. The van der Waals surface area contributed by atoms with Crippen molar-refractivity contribution in [3.05, 3.63) is 0 Å². The zero-order valence-electron chi connectivity index (χ0n) is 14.7. The fourth-order valence-electron chi connectivity index (χ4n) is 6.89. The molecule has 126 valence electrons. The van der Waals surface area contributed by atoms with Gasteiger partial charge in [-0.3, -0.25) is 0 Å². The molecule has 0 radical (unpaired) electrons. The van der Waals surface area contributed by atoms with Crippen LogP contribution in [0.5, 0.6) is 0 Å². The molecule has 0 bridgehead atoms. The standard InChI is InChI=1S/C20H34O2/c1-14-11-15(12-21)5-7-17-16(14)6-8-18-19(2,13-22)9-4-10-20(17,18)3/h12,14-18,22H,4-11,13H2,1-3H3. The molecule has 3 aliphatic carbocycles. The van der Waals surface area contributed by atoms with E-state index in [2.05, 4.69) is 20.8 Å². The van der Waals surface area contributed by atoms with Crippen molar-refractivity contribution in [3.63, 3.8) is 0 Å². The topological polar surface area (TPSA) is 37.3 Å². The highest BCUT2D eigenvalue weighted by molar-refractivity contribution is 5.53. The van der Waals surface area contributed by atoms with Crippen molar-refractivity contribution in [2.75, 3.05) is 6.61 Å². The number of carbonyl (C=O) groups is 1. The summed E-state index contributed by atoms with van der Waals surface area (Å²) < 4.78 is 0. The maximum atomic E-state index is 11.3. The zero-order chi connectivity index (χ0) is 16.0. The molecule has 0 aromatic rings. The van der Waals surface area contributed by atoms with E-state index >= 15 is 0 Å². The number of rotatable bonds is 2. The summed E-state index contributed by atoms with van der Waals surface area (Å²) in [6.07, 6.45) is 11.0. The average molecular weight is 306 g/mol. The van der Waals surface area contributed by atoms with Crippen molar-refractivity contribution in [1.29, 1.82) is 0 Å². The Morgan fingerprint density at radius 3 is 2.59 bits per heavy atom. The van der Waals surface area contributed by atoms with Crippen molar-refractivity contribution >= 4 is 6.29 Å². The van der Waals surface area contributed by atoms with Crippen LogP contribution in [0.25, 0.3) is 0 Å². The molecule has 0 aromatic carbocycles. The van der Waals surface area contributed by atoms with Crippen LogP contribution in [0.15, 0.2) is 0 Å². The fraction of sp³-hybridized carbons (Fsp3) is 0.950. The molecule has 2 nitrogen and oxygen atoms in total. The molecule has 0 saturated heterocycles. The van der Waals surface area contributed by atoms with Crippen molar-refractivity contribution in [2.45, 2.75) is 72.1 Å². The predicted molar refractivity (Wildman–Crippen MR) is 89.4 cm³/mol. The van der Waals surface area contributed by atoms with E-state index in [1.54, 1.807) is 0 Å². The van der Waals surface area contributed by atoms with Gasteiger partial charge in [-0.15, -0.1) is 0 Å². The van der Waals surface area contributed by atoms with Gasteiger partial charge in [-0.05, 0) is 79.4 Å². The van der Waals surface area contributed by atoms with E-state index in [0.717, 1.165) is 24.7 Å². The van der Waals surface area contributed by atoms with Crippen LogP contribution >= 0.6 is 0 Å². The number of hydrogen-bond donors (Lipinski definition) is 1. The number of carbonyl (C=O) groups excluding carboxylic acids is 1. The molecule has 7 atom stereocenters. The predicted octanol–water partition coefficient (Wildman–Crippen LogP) is 4.45. The van der Waals surface area contributed by atoms with E-state index < -0.39 is 0 Å². The lowest BCUT2D eigenvalue weighted by atomic mass is 9.45. The molecule has 0 aromatic heterocycles. The molecule has 0 aliphatic heterocycles. The second-order valence-electron chi connectivity index (χ2n) is 9.26. The first-order valence-corrected chi connectivity index (χ1v) is 9.51. The van der Waals surface area contributed by atoms with Crippen molar-refractivity contribution in [2.24, 2.45) is 40.4 Å². The van der Waals surface area contributed by atoms with Crippen molar-refractivity contribution < 1.29 is 9.90 Å². The third-order valence-electron chi connectivity index (χ3n) is 8.06. The van der Waals surface area contributed by atoms with Gasteiger partial charge in [-0.25, -0.2) is 0 Å². The molecule has 0 heterocycles. The molecular weight excluding hydrogens is 272 g/mol. The lowest BCUT2D eigenvalue weighted by Crippen LogP contribution is -2.54. The maximum absolute atomic E-state index is 11.3. The van der Waals surface area contributed by atoms with Crippen LogP contribution in [0.3, 0.4) is 0 Å². The van der Waals surface area contributed by atoms with E-state index in [1.165, 1.54) is 44.8 Å². The first-order valence-electron chi connectivity index (χ1n) is 9.51. The van der Waals surface area contributed by atoms with Gasteiger partial charge in [-0.1, -0.05) is 27.2 Å². The van der Waals surface area contributed by atoms with Crippen LogP contribution in [-0.2, 0) is 4.79 Å². The Balaban J connectivity index is 1.91. The van der Waals surface area contributed by atoms with Crippen LogP contribution in [0.1, 0.15) is 72.1 Å². The van der Waals surface area contributed by atoms with Gasteiger partial charge in [0.15, 0.2) is 0 Å². The highest BCUT2D eigenvalue weighted by Gasteiger charge is 2.56. The number of aliphatic hydroxyl groups is 1. The van der Waals surface area contributed by atoms with E-state index in [0.29, 0.717) is 23.9 Å². The van der Waals surface area contributed by atoms with Gasteiger partial charge in [0.05, 0.1) is 0 Å². The second-order valence-corrected chi connectivity index (χ2v) is 9.26. The molecular formula is C20H34O2. The molecule has 0 spiro atoms. The Bertz CT molecular complexity index is 420. The molecule has 3 rings (SSSR count). The summed E-state index contributed by atoms with van der Waals surface area (Å²) in [5, 5.41) is 10.0. The Labute approximate surface area is 136 Å². The summed E-state index contributed by atoms with van der Waals surface area (Å²) >= 11 is 0. The quantitative estimate of drug-likeness (QED) is 0.765. The molecule has 7 unspecified atom stereocenters. The lowest BCUT2D eigenvalue weighted by Gasteiger charge is -2.60. The monoisotopic (exact) mass is 306 g/mol. The largest absolute Gasteiger partial charge is 0.396 e. The molecule has 3 aliphatic rings. The van der Waals surface area contributed by atoms with Crippen LogP contribution < -0.4 is 0 Å². The third kappa shape index (κ3) is 2.46. The van der Waals surface area contributed by atoms with Crippen LogP contribution in [0.2, 0.25) is 0 Å². The number of fused-ring (bicyclic) bond motifs is 3. The Morgan fingerprint density at radius 2 is 1.91 bits per heavy atom. The van der Waals surface area contributed by atoms with Gasteiger partial charge >= 0.3 is 0 Å². The summed E-state index contributed by atoms with van der Waals surface area (Å²) in [5.74, 6) is 3.20. The fourth-order valence-corrected chi connectivity index (χ4v) is 6.89. The van der Waals surface area contributed by atoms with Gasteiger partial charge < -0.3 is 9.90 Å². The van der Waals surface area contributed by atoms with Crippen molar-refractivity contribution in [3.8, 4) is 0 Å². The van der Waals surface area contributed by atoms with Crippen LogP contribution in [0.4, 0.5) is 0 Å². The summed E-state index contributed by atoms with van der Waals surface area (Å²) in [6, 6.07) is 0. The SMILES string of the molecule is CC1CC(C=O)CCC2C1CCC1C(C)(CO)CCCC21C. The minimum Gasteiger partial charge on any atom is -0.396 e. The van der Waals surface area contributed by atoms with E-state index in [4.69, 9.17) is 0 Å². The first-order chi connectivity index (χ1) is 10.4. The van der Waals surface area contributed by atoms with Gasteiger partial charge in [0.1, 0.15) is 6.29 Å². The summed E-state index contributed by atoms with van der Waals surface area (Å²) in [6.45, 7) is 7.58. The van der Waals surface area contributed by atoms with Crippen molar-refractivity contribution in [1.82, 2.24) is 0 Å². The molecule has 1 N–H and O–H groups in total. The molecule has 0 amide bonds. The van der Waals surface area contributed by atoms with E-state index in [9.17, 15) is 9.90 Å². The maximum Gasteiger partial charge on any atom is 0.123 e. The minimum absolute atomic E-state index is 0.123. The lowest BCUT2D eigenvalue weighted by molar-refractivity contribution is -0.127. The highest BCUT2D eigenvalue weighted by Crippen LogP contribution is 2.64. The summed E-state index contributed by atoms with van der Waals surface area (Å²) in [5.41, 5.74) is 0.502. The molecule has 22 heavy (non-hydrogen) atoms. The van der Waals surface area contributed by atoms with Crippen LogP contribution in [-0.4, -0.2) is 18.0 Å². The third-order valence-corrected chi connectivity index (χ3v) is 8.06. The molecule has 2 heteroatoms. The number of aliphatic hydroxyl groups excluding tert-OH is 1. The summed E-state index contributed by atoms with van der Waals surface area (Å²) in [4.78, 5) is 11.3. The average Bonchev–Trinajstić information content (AvgIpc) is 2.67. The zero-order valence-corrected chi connectivity index (χ0v) is 14.7. The molecule has 3 saturated carbocycles. The number of hydrogen-bond acceptors (Lipinski definition) is 2. The first kappa shape index (κ1) is 16.5. The second kappa shape index (κ2) is 5.92. The van der Waals surface area contributed by atoms with Gasteiger partial charge in [-0.2, -0.15) is 0 Å². The van der Waals surface area contributed by atoms with E-state index in [-0.39, 0.29) is 11.3 Å². The number of aldehydes is 1. The smallest absolute Gasteiger partial charge is 0.123 e.